The molecular weight excluding hydrogens is 434 g/mol. The van der Waals surface area contributed by atoms with Crippen LogP contribution in [-0.4, -0.2) is 84.9 Å². The zero-order chi connectivity index (χ0) is 23.5. The second-order valence-electron chi connectivity index (χ2n) is 7.71. The third kappa shape index (κ3) is 4.94. The van der Waals surface area contributed by atoms with Gasteiger partial charge in [0.25, 0.3) is 0 Å². The number of Topliss-reactive ketones (excluding diaryl/α,β-unsaturated/α-hetero) is 1. The maximum absolute atomic E-state index is 11.3. The van der Waals surface area contributed by atoms with Gasteiger partial charge in [0.05, 0.1) is 19.5 Å². The Morgan fingerprint density at radius 1 is 1.18 bits per heavy atom. The Labute approximate surface area is 188 Å². The number of ether oxygens (including phenoxy) is 3. The standard InChI is InChI=1S/C21H25N5O7/c1-11(27)12-2-4-14(5-3-12)32-7-13(28)6-31-8-15-17(29)18(30)21(33-15)26-10-25-16-19(22)23-9-24-20(16)26/h2-5,9-10,13,15,17-18,21,28-30H,6-8H2,1H3,(H2,22,23,24)/t13?,15-,17-,18-,21-/m1/s1. The van der Waals surface area contributed by atoms with Crippen LogP contribution in [0.5, 0.6) is 5.75 Å². The van der Waals surface area contributed by atoms with Crippen molar-refractivity contribution in [3.63, 3.8) is 0 Å². The normalized spacial score (nSPS) is 23.6. The average Bonchev–Trinajstić information content (AvgIpc) is 3.35. The van der Waals surface area contributed by atoms with E-state index < -0.39 is 30.6 Å². The van der Waals surface area contributed by atoms with E-state index >= 15 is 0 Å². The summed E-state index contributed by atoms with van der Waals surface area (Å²) in [5.41, 5.74) is 7.08. The largest absolute Gasteiger partial charge is 0.491 e. The molecule has 1 fully saturated rings. The van der Waals surface area contributed by atoms with Crippen LogP contribution in [0.4, 0.5) is 5.82 Å². The fourth-order valence-corrected chi connectivity index (χ4v) is 3.50. The van der Waals surface area contributed by atoms with Crippen LogP contribution < -0.4 is 10.5 Å². The smallest absolute Gasteiger partial charge is 0.167 e. The number of carbonyl (C=O) groups excluding carboxylic acids is 1. The summed E-state index contributed by atoms with van der Waals surface area (Å²) in [6, 6.07) is 6.58. The molecular formula is C21H25N5O7. The third-order valence-electron chi connectivity index (χ3n) is 5.29. The Kier molecular flexibility index (Phi) is 6.81. The van der Waals surface area contributed by atoms with Crippen molar-refractivity contribution in [2.45, 2.75) is 37.6 Å². The number of fused-ring (bicyclic) bond motifs is 1. The van der Waals surface area contributed by atoms with E-state index in [0.29, 0.717) is 22.5 Å². The van der Waals surface area contributed by atoms with Gasteiger partial charge in [0.2, 0.25) is 0 Å². The van der Waals surface area contributed by atoms with Crippen LogP contribution in [0.3, 0.4) is 0 Å². The Balaban J connectivity index is 1.27. The van der Waals surface area contributed by atoms with Gasteiger partial charge in [0.1, 0.15) is 48.6 Å². The van der Waals surface area contributed by atoms with Crippen molar-refractivity contribution >= 4 is 22.8 Å². The van der Waals surface area contributed by atoms with Crippen LogP contribution in [0.1, 0.15) is 23.5 Å². The van der Waals surface area contributed by atoms with E-state index in [9.17, 15) is 20.1 Å². The number of carbonyl (C=O) groups is 1. The molecule has 5 atom stereocenters. The highest BCUT2D eigenvalue weighted by Crippen LogP contribution is 2.32. The number of ketones is 1. The number of hydrogen-bond acceptors (Lipinski definition) is 11. The van der Waals surface area contributed by atoms with E-state index in [1.165, 1.54) is 24.1 Å². The van der Waals surface area contributed by atoms with Crippen molar-refractivity contribution in [1.29, 1.82) is 0 Å². The maximum Gasteiger partial charge on any atom is 0.167 e. The molecule has 0 aliphatic carbocycles. The molecule has 1 aliphatic rings. The first-order chi connectivity index (χ1) is 15.8. The molecule has 0 radical (unpaired) electrons. The fraction of sp³-hybridized carbons (Fsp3) is 0.429. The Bertz CT molecular complexity index is 1110. The quantitative estimate of drug-likeness (QED) is 0.309. The Morgan fingerprint density at radius 2 is 1.94 bits per heavy atom. The fourth-order valence-electron chi connectivity index (χ4n) is 3.50. The number of anilines is 1. The molecule has 0 amide bonds. The lowest BCUT2D eigenvalue weighted by molar-refractivity contribution is -0.0786. The topological polar surface area (TPSA) is 175 Å². The minimum absolute atomic E-state index is 0.0269. The highest BCUT2D eigenvalue weighted by Gasteiger charge is 2.44. The first kappa shape index (κ1) is 23.0. The molecule has 12 heteroatoms. The van der Waals surface area contributed by atoms with Gasteiger partial charge in [-0.3, -0.25) is 9.36 Å². The van der Waals surface area contributed by atoms with E-state index in [2.05, 4.69) is 15.0 Å². The summed E-state index contributed by atoms with van der Waals surface area (Å²) in [6.07, 6.45) is -2.51. The van der Waals surface area contributed by atoms with E-state index in [1.807, 2.05) is 0 Å². The van der Waals surface area contributed by atoms with Crippen molar-refractivity contribution in [2.24, 2.45) is 0 Å². The van der Waals surface area contributed by atoms with Crippen LogP contribution in [0.25, 0.3) is 11.2 Å². The summed E-state index contributed by atoms with van der Waals surface area (Å²) in [4.78, 5) is 23.4. The van der Waals surface area contributed by atoms with E-state index in [0.717, 1.165) is 0 Å². The van der Waals surface area contributed by atoms with Crippen molar-refractivity contribution in [1.82, 2.24) is 19.5 Å². The van der Waals surface area contributed by atoms with Gasteiger partial charge in [-0.1, -0.05) is 0 Å². The van der Waals surface area contributed by atoms with E-state index in [-0.39, 0.29) is 31.4 Å². The lowest BCUT2D eigenvalue weighted by Gasteiger charge is -2.17. The lowest BCUT2D eigenvalue weighted by atomic mass is 10.1. The Hall–Kier alpha value is -3.16. The molecule has 33 heavy (non-hydrogen) atoms. The molecule has 0 spiro atoms. The van der Waals surface area contributed by atoms with Crippen LogP contribution >= 0.6 is 0 Å². The van der Waals surface area contributed by atoms with Crippen molar-refractivity contribution in [3.8, 4) is 5.75 Å². The summed E-state index contributed by atoms with van der Waals surface area (Å²) >= 11 is 0. The first-order valence-corrected chi connectivity index (χ1v) is 10.3. The number of nitrogen functional groups attached to an aromatic ring is 1. The molecule has 5 N–H and O–H groups in total. The van der Waals surface area contributed by atoms with Gasteiger partial charge in [-0.25, -0.2) is 15.0 Å². The van der Waals surface area contributed by atoms with Crippen LogP contribution in [0.15, 0.2) is 36.9 Å². The minimum Gasteiger partial charge on any atom is -0.491 e. The van der Waals surface area contributed by atoms with Gasteiger partial charge in [-0.15, -0.1) is 0 Å². The second-order valence-corrected chi connectivity index (χ2v) is 7.71. The zero-order valence-corrected chi connectivity index (χ0v) is 17.8. The van der Waals surface area contributed by atoms with Crippen LogP contribution in [0, 0.1) is 0 Å². The van der Waals surface area contributed by atoms with Gasteiger partial charge in [0, 0.05) is 5.56 Å². The molecule has 1 saturated heterocycles. The SMILES string of the molecule is CC(=O)c1ccc(OCC(O)COC[C@H]2O[C@@H](n3cnc4c(N)ncnc43)[C@H](O)[C@@H]2O)cc1. The van der Waals surface area contributed by atoms with Crippen molar-refractivity contribution < 1.29 is 34.3 Å². The summed E-state index contributed by atoms with van der Waals surface area (Å²) in [5.74, 6) is 0.659. The predicted molar refractivity (Wildman–Crippen MR) is 114 cm³/mol. The molecule has 12 nitrogen and oxygen atoms in total. The lowest BCUT2D eigenvalue weighted by Crippen LogP contribution is -2.35. The number of nitrogens with two attached hydrogens (primary N) is 1. The number of benzene rings is 1. The molecule has 4 rings (SSSR count). The number of aliphatic hydroxyl groups is 3. The van der Waals surface area contributed by atoms with E-state index in [1.54, 1.807) is 24.3 Å². The van der Waals surface area contributed by atoms with E-state index in [4.69, 9.17) is 19.9 Å². The predicted octanol–water partition coefficient (Wildman–Crippen LogP) is -0.313. The molecule has 176 valence electrons. The number of hydrogen-bond donors (Lipinski definition) is 4. The number of aromatic nitrogens is 4. The zero-order valence-electron chi connectivity index (χ0n) is 17.8. The molecule has 1 aromatic carbocycles. The average molecular weight is 459 g/mol. The number of imidazole rings is 1. The second kappa shape index (κ2) is 9.77. The van der Waals surface area contributed by atoms with Crippen molar-refractivity contribution in [2.75, 3.05) is 25.6 Å². The minimum atomic E-state index is -1.25. The van der Waals surface area contributed by atoms with Gasteiger partial charge >= 0.3 is 0 Å². The van der Waals surface area contributed by atoms with Gasteiger partial charge in [-0.2, -0.15) is 0 Å². The molecule has 1 unspecified atom stereocenters. The first-order valence-electron chi connectivity index (χ1n) is 10.3. The molecule has 3 aromatic rings. The van der Waals surface area contributed by atoms with Crippen molar-refractivity contribution in [3.05, 3.63) is 42.5 Å². The van der Waals surface area contributed by atoms with Crippen LogP contribution in [0.2, 0.25) is 0 Å². The monoisotopic (exact) mass is 459 g/mol. The molecule has 2 aromatic heterocycles. The molecule has 0 bridgehead atoms. The summed E-state index contributed by atoms with van der Waals surface area (Å²) in [5, 5.41) is 30.9. The molecule has 3 heterocycles. The summed E-state index contributed by atoms with van der Waals surface area (Å²) in [7, 11) is 0. The van der Waals surface area contributed by atoms with Crippen LogP contribution in [-0.2, 0) is 9.47 Å². The molecule has 0 saturated carbocycles. The van der Waals surface area contributed by atoms with Gasteiger partial charge in [0.15, 0.2) is 23.5 Å². The Morgan fingerprint density at radius 3 is 2.67 bits per heavy atom. The maximum atomic E-state index is 11.3. The third-order valence-corrected chi connectivity index (χ3v) is 5.29. The number of aliphatic hydroxyl groups excluding tert-OH is 3. The summed E-state index contributed by atoms with van der Waals surface area (Å²) in [6.45, 7) is 1.31. The summed E-state index contributed by atoms with van der Waals surface area (Å²) < 4.78 is 18.2. The van der Waals surface area contributed by atoms with Gasteiger partial charge < -0.3 is 35.3 Å². The van der Waals surface area contributed by atoms with Gasteiger partial charge in [-0.05, 0) is 31.2 Å². The highest BCUT2D eigenvalue weighted by molar-refractivity contribution is 5.94. The number of rotatable bonds is 9. The molecule has 1 aliphatic heterocycles. The highest BCUT2D eigenvalue weighted by atomic mass is 16.6. The number of nitrogens with zero attached hydrogens (tertiary/aromatic N) is 4.